The van der Waals surface area contributed by atoms with Crippen molar-refractivity contribution < 1.29 is 14.7 Å². The fourth-order valence-corrected chi connectivity index (χ4v) is 2.09. The summed E-state index contributed by atoms with van der Waals surface area (Å²) in [6, 6.07) is 1.38. The number of piperidine rings is 1. The second kappa shape index (κ2) is 5.03. The van der Waals surface area contributed by atoms with Gasteiger partial charge in [-0.05, 0) is 18.9 Å². The molecular formula is C12H15N3O3. The number of likely N-dealkylation sites (tertiary alicyclic amines) is 1. The smallest absolute Gasteiger partial charge is 0.255 e. The molecule has 3 N–H and O–H groups in total. The molecule has 1 aromatic heterocycles. The number of aromatic hydroxyl groups is 1. The molecule has 0 atom stereocenters. The van der Waals surface area contributed by atoms with E-state index in [9.17, 15) is 14.7 Å². The first kappa shape index (κ1) is 12.3. The second-order valence-electron chi connectivity index (χ2n) is 4.40. The minimum absolute atomic E-state index is 0.0344. The Balaban J connectivity index is 2.02. The van der Waals surface area contributed by atoms with Gasteiger partial charge in [-0.2, -0.15) is 0 Å². The van der Waals surface area contributed by atoms with Crippen molar-refractivity contribution in [2.75, 3.05) is 13.1 Å². The lowest BCUT2D eigenvalue weighted by atomic mass is 9.96. The lowest BCUT2D eigenvalue weighted by Gasteiger charge is -2.30. The molecule has 2 amide bonds. The van der Waals surface area contributed by atoms with E-state index in [1.807, 2.05) is 0 Å². The average molecular weight is 249 g/mol. The Morgan fingerprint density at radius 1 is 1.33 bits per heavy atom. The highest BCUT2D eigenvalue weighted by Gasteiger charge is 2.26. The number of primary amides is 1. The zero-order valence-corrected chi connectivity index (χ0v) is 9.87. The Kier molecular flexibility index (Phi) is 3.45. The molecule has 1 fully saturated rings. The van der Waals surface area contributed by atoms with E-state index in [4.69, 9.17) is 5.73 Å². The Morgan fingerprint density at radius 3 is 2.56 bits per heavy atom. The van der Waals surface area contributed by atoms with Gasteiger partial charge in [-0.25, -0.2) is 0 Å². The highest BCUT2D eigenvalue weighted by Crippen LogP contribution is 2.19. The van der Waals surface area contributed by atoms with E-state index >= 15 is 0 Å². The zero-order valence-electron chi connectivity index (χ0n) is 9.87. The van der Waals surface area contributed by atoms with Crippen molar-refractivity contribution >= 4 is 11.8 Å². The third-order valence-corrected chi connectivity index (χ3v) is 3.16. The number of nitrogens with zero attached hydrogens (tertiary/aromatic N) is 2. The molecule has 0 unspecified atom stereocenters. The largest absolute Gasteiger partial charge is 0.506 e. The van der Waals surface area contributed by atoms with Gasteiger partial charge in [0.1, 0.15) is 5.75 Å². The molecule has 0 aliphatic carbocycles. The van der Waals surface area contributed by atoms with Crippen LogP contribution in [0.1, 0.15) is 23.2 Å². The van der Waals surface area contributed by atoms with Crippen molar-refractivity contribution in [3.8, 4) is 5.75 Å². The van der Waals surface area contributed by atoms with Crippen LogP contribution in [-0.2, 0) is 4.79 Å². The Morgan fingerprint density at radius 2 is 2.00 bits per heavy atom. The lowest BCUT2D eigenvalue weighted by molar-refractivity contribution is -0.123. The maximum atomic E-state index is 12.1. The third-order valence-electron chi connectivity index (χ3n) is 3.16. The number of amides is 2. The van der Waals surface area contributed by atoms with E-state index in [1.54, 1.807) is 4.90 Å². The number of hydrogen-bond donors (Lipinski definition) is 2. The highest BCUT2D eigenvalue weighted by atomic mass is 16.3. The van der Waals surface area contributed by atoms with Crippen molar-refractivity contribution in [1.29, 1.82) is 0 Å². The Labute approximate surface area is 104 Å². The number of rotatable bonds is 2. The molecule has 0 aromatic carbocycles. The summed E-state index contributed by atoms with van der Waals surface area (Å²) in [5.41, 5.74) is 5.59. The van der Waals surface area contributed by atoms with Gasteiger partial charge in [-0.15, -0.1) is 0 Å². The first-order valence-electron chi connectivity index (χ1n) is 5.80. The summed E-state index contributed by atoms with van der Waals surface area (Å²) in [6.07, 6.45) is 3.87. The van der Waals surface area contributed by atoms with E-state index in [0.29, 0.717) is 31.5 Å². The van der Waals surface area contributed by atoms with E-state index in [-0.39, 0.29) is 23.5 Å². The van der Waals surface area contributed by atoms with Crippen LogP contribution < -0.4 is 5.73 Å². The lowest BCUT2D eigenvalue weighted by Crippen LogP contribution is -2.41. The normalized spacial score (nSPS) is 16.6. The number of nitrogens with two attached hydrogens (primary N) is 1. The molecule has 6 nitrogen and oxygen atoms in total. The van der Waals surface area contributed by atoms with Crippen LogP contribution in [0.2, 0.25) is 0 Å². The third kappa shape index (κ3) is 2.58. The van der Waals surface area contributed by atoms with Crippen LogP contribution in [-0.4, -0.2) is 39.9 Å². The predicted octanol–water partition coefficient (Wildman–Crippen LogP) is 0.125. The summed E-state index contributed by atoms with van der Waals surface area (Å²) in [6.45, 7) is 1.00. The van der Waals surface area contributed by atoms with Gasteiger partial charge in [-0.1, -0.05) is 0 Å². The van der Waals surface area contributed by atoms with Gasteiger partial charge in [0.05, 0.1) is 11.8 Å². The predicted molar refractivity (Wildman–Crippen MR) is 63.7 cm³/mol. The molecule has 0 radical (unpaired) electrons. The van der Waals surface area contributed by atoms with Crippen LogP contribution in [0.5, 0.6) is 5.75 Å². The van der Waals surface area contributed by atoms with E-state index in [0.717, 1.165) is 0 Å². The molecule has 1 saturated heterocycles. The molecule has 1 aliphatic rings. The first-order valence-corrected chi connectivity index (χ1v) is 5.80. The monoisotopic (exact) mass is 249 g/mol. The fraction of sp³-hybridized carbons (Fsp3) is 0.417. The van der Waals surface area contributed by atoms with Crippen LogP contribution in [0.25, 0.3) is 0 Å². The molecule has 0 spiro atoms. The quantitative estimate of drug-likeness (QED) is 0.778. The maximum absolute atomic E-state index is 12.1. The van der Waals surface area contributed by atoms with Gasteiger partial charge in [0.2, 0.25) is 5.91 Å². The van der Waals surface area contributed by atoms with Crippen molar-refractivity contribution in [1.82, 2.24) is 9.88 Å². The highest BCUT2D eigenvalue weighted by molar-refractivity contribution is 5.94. The topological polar surface area (TPSA) is 96.5 Å². The minimum atomic E-state index is -0.305. The van der Waals surface area contributed by atoms with Crippen LogP contribution in [0.4, 0.5) is 0 Å². The minimum Gasteiger partial charge on any atom is -0.506 e. The maximum Gasteiger partial charge on any atom is 0.255 e. The molecule has 96 valence electrons. The molecular weight excluding hydrogens is 234 g/mol. The summed E-state index contributed by atoms with van der Waals surface area (Å²) in [5, 5.41) is 9.28. The van der Waals surface area contributed by atoms with E-state index in [1.165, 1.54) is 18.5 Å². The molecule has 0 saturated carbocycles. The number of pyridine rings is 1. The van der Waals surface area contributed by atoms with Gasteiger partial charge in [-0.3, -0.25) is 14.6 Å². The standard InChI is InChI=1S/C12H15N3O3/c13-11(17)8-1-3-15(4-2-8)12(18)9-5-10(16)7-14-6-9/h5-8,16H,1-4H2,(H2,13,17). The molecule has 0 bridgehead atoms. The number of carbonyl (C=O) groups is 2. The molecule has 1 aromatic rings. The SMILES string of the molecule is NC(=O)C1CCN(C(=O)c2cncc(O)c2)CC1. The van der Waals surface area contributed by atoms with Crippen molar-refractivity contribution in [2.45, 2.75) is 12.8 Å². The number of aromatic nitrogens is 1. The van der Waals surface area contributed by atoms with Crippen LogP contribution in [0.3, 0.4) is 0 Å². The summed E-state index contributed by atoms with van der Waals surface area (Å²) >= 11 is 0. The molecule has 1 aliphatic heterocycles. The van der Waals surface area contributed by atoms with Gasteiger partial charge in [0, 0.05) is 25.2 Å². The van der Waals surface area contributed by atoms with E-state index < -0.39 is 0 Å². The zero-order chi connectivity index (χ0) is 13.1. The summed E-state index contributed by atoms with van der Waals surface area (Å²) < 4.78 is 0. The summed E-state index contributed by atoms with van der Waals surface area (Å²) in [5.74, 6) is -0.660. The molecule has 2 heterocycles. The first-order chi connectivity index (χ1) is 8.58. The Bertz CT molecular complexity index is 467. The molecule has 2 rings (SSSR count). The van der Waals surface area contributed by atoms with Gasteiger partial charge < -0.3 is 15.7 Å². The number of hydrogen-bond acceptors (Lipinski definition) is 4. The van der Waals surface area contributed by atoms with Gasteiger partial charge in [0.15, 0.2) is 0 Å². The Hall–Kier alpha value is -2.11. The van der Waals surface area contributed by atoms with Gasteiger partial charge >= 0.3 is 0 Å². The summed E-state index contributed by atoms with van der Waals surface area (Å²) in [7, 11) is 0. The van der Waals surface area contributed by atoms with Crippen LogP contribution >= 0.6 is 0 Å². The van der Waals surface area contributed by atoms with Crippen LogP contribution in [0.15, 0.2) is 18.5 Å². The second-order valence-corrected chi connectivity index (χ2v) is 4.40. The van der Waals surface area contributed by atoms with Crippen molar-refractivity contribution in [2.24, 2.45) is 11.7 Å². The van der Waals surface area contributed by atoms with Gasteiger partial charge in [0.25, 0.3) is 5.91 Å². The van der Waals surface area contributed by atoms with Crippen molar-refractivity contribution in [3.63, 3.8) is 0 Å². The summed E-state index contributed by atoms with van der Waals surface area (Å²) in [4.78, 5) is 28.5. The molecule has 18 heavy (non-hydrogen) atoms. The molecule has 6 heteroatoms. The fourth-order valence-electron chi connectivity index (χ4n) is 2.09. The van der Waals surface area contributed by atoms with E-state index in [2.05, 4.69) is 4.98 Å². The van der Waals surface area contributed by atoms with Crippen LogP contribution in [0, 0.1) is 5.92 Å². The average Bonchev–Trinajstić information content (AvgIpc) is 2.38. The number of carbonyl (C=O) groups excluding carboxylic acids is 2. The van der Waals surface area contributed by atoms with Crippen molar-refractivity contribution in [3.05, 3.63) is 24.0 Å².